The molecule has 0 bridgehead atoms. The number of hydrogen-bond donors (Lipinski definition) is 1. The summed E-state index contributed by atoms with van der Waals surface area (Å²) in [5, 5.41) is 12.6. The van der Waals surface area contributed by atoms with Crippen LogP contribution in [0.5, 0.6) is 11.6 Å². The van der Waals surface area contributed by atoms with E-state index in [-0.39, 0.29) is 6.03 Å². The Hall–Kier alpha value is -3.00. The van der Waals surface area contributed by atoms with Crippen molar-refractivity contribution in [2.24, 2.45) is 0 Å². The Bertz CT molecular complexity index is 973. The van der Waals surface area contributed by atoms with Crippen LogP contribution in [0.15, 0.2) is 36.5 Å². The minimum atomic E-state index is -0.179. The van der Waals surface area contributed by atoms with Gasteiger partial charge in [0.2, 0.25) is 5.88 Å². The predicted molar refractivity (Wildman–Crippen MR) is 109 cm³/mol. The van der Waals surface area contributed by atoms with Crippen LogP contribution >= 0.6 is 11.3 Å². The fourth-order valence-electron chi connectivity index (χ4n) is 2.55. The molecular formula is C20H23N5O2S. The first kappa shape index (κ1) is 19.8. The largest absolute Gasteiger partial charge is 0.439 e. The summed E-state index contributed by atoms with van der Waals surface area (Å²) in [4.78, 5) is 18.2. The number of nitrogens with zero attached hydrogens (tertiary/aromatic N) is 4. The van der Waals surface area contributed by atoms with E-state index in [1.165, 1.54) is 11.3 Å². The molecule has 0 atom stereocenters. The Morgan fingerprint density at radius 3 is 2.79 bits per heavy atom. The van der Waals surface area contributed by atoms with Crippen molar-refractivity contribution >= 4 is 17.4 Å². The molecule has 1 N–H and O–H groups in total. The Kier molecular flexibility index (Phi) is 6.20. The molecule has 0 saturated carbocycles. The van der Waals surface area contributed by atoms with Gasteiger partial charge in [-0.05, 0) is 49.6 Å². The summed E-state index contributed by atoms with van der Waals surface area (Å²) in [5.74, 6) is 1.28. The number of benzene rings is 1. The Labute approximate surface area is 168 Å². The van der Waals surface area contributed by atoms with E-state index >= 15 is 0 Å². The zero-order valence-electron chi connectivity index (χ0n) is 16.4. The summed E-state index contributed by atoms with van der Waals surface area (Å²) < 4.78 is 5.92. The van der Waals surface area contributed by atoms with E-state index in [4.69, 9.17) is 4.74 Å². The average Bonchev–Trinajstić information content (AvgIpc) is 3.08. The molecule has 3 rings (SSSR count). The SMILES string of the molecule is Cc1nnc(CN(C)C(=O)NCc2ccnc(Oc3cccc(C)c3C)c2)s1. The minimum Gasteiger partial charge on any atom is -0.439 e. The van der Waals surface area contributed by atoms with Crippen LogP contribution < -0.4 is 10.1 Å². The summed E-state index contributed by atoms with van der Waals surface area (Å²) >= 11 is 1.48. The van der Waals surface area contributed by atoms with E-state index in [1.807, 2.05) is 51.1 Å². The van der Waals surface area contributed by atoms with Crippen LogP contribution in [0.25, 0.3) is 0 Å². The second-order valence-electron chi connectivity index (χ2n) is 6.53. The maximum absolute atomic E-state index is 12.3. The van der Waals surface area contributed by atoms with Crippen LogP contribution in [0.3, 0.4) is 0 Å². The number of carbonyl (C=O) groups is 1. The number of ether oxygens (including phenoxy) is 1. The molecule has 2 aromatic heterocycles. The van der Waals surface area contributed by atoms with Gasteiger partial charge in [-0.3, -0.25) is 0 Å². The van der Waals surface area contributed by atoms with Gasteiger partial charge < -0.3 is 15.0 Å². The number of rotatable bonds is 6. The van der Waals surface area contributed by atoms with Crippen LogP contribution in [0.4, 0.5) is 4.79 Å². The highest BCUT2D eigenvalue weighted by Gasteiger charge is 2.12. The van der Waals surface area contributed by atoms with E-state index in [9.17, 15) is 4.79 Å². The first-order valence-electron chi connectivity index (χ1n) is 8.89. The third-order valence-corrected chi connectivity index (χ3v) is 5.12. The molecular weight excluding hydrogens is 374 g/mol. The molecule has 28 heavy (non-hydrogen) atoms. The van der Waals surface area contributed by atoms with Crippen LogP contribution in [0.2, 0.25) is 0 Å². The van der Waals surface area contributed by atoms with Gasteiger partial charge in [0.15, 0.2) is 0 Å². The molecule has 0 aliphatic heterocycles. The summed E-state index contributed by atoms with van der Waals surface area (Å²) in [6.45, 7) is 6.76. The molecule has 0 fully saturated rings. The van der Waals surface area contributed by atoms with E-state index in [0.717, 1.165) is 32.5 Å². The average molecular weight is 398 g/mol. The zero-order chi connectivity index (χ0) is 20.1. The van der Waals surface area contributed by atoms with Gasteiger partial charge in [0.05, 0.1) is 6.54 Å². The molecule has 1 aromatic carbocycles. The maximum atomic E-state index is 12.3. The molecule has 2 heterocycles. The Morgan fingerprint density at radius 1 is 1.21 bits per heavy atom. The van der Waals surface area contributed by atoms with Gasteiger partial charge in [0.25, 0.3) is 0 Å². The van der Waals surface area contributed by atoms with Crippen molar-refractivity contribution in [3.05, 3.63) is 63.2 Å². The first-order valence-corrected chi connectivity index (χ1v) is 9.71. The fraction of sp³-hybridized carbons (Fsp3) is 0.300. The molecule has 2 amide bonds. The quantitative estimate of drug-likeness (QED) is 0.680. The van der Waals surface area contributed by atoms with E-state index in [0.29, 0.717) is 19.0 Å². The third-order valence-electron chi connectivity index (χ3n) is 4.30. The van der Waals surface area contributed by atoms with Crippen molar-refractivity contribution < 1.29 is 9.53 Å². The second kappa shape index (κ2) is 8.79. The van der Waals surface area contributed by atoms with Crippen LogP contribution in [0.1, 0.15) is 26.7 Å². The van der Waals surface area contributed by atoms with Gasteiger partial charge in [0.1, 0.15) is 15.8 Å². The standard InChI is InChI=1S/C20H23N5O2S/c1-13-6-5-7-17(14(13)2)27-18-10-16(8-9-21-18)11-22-20(26)25(4)12-19-24-23-15(3)28-19/h5-10H,11-12H2,1-4H3,(H,22,26). The van der Waals surface area contributed by atoms with Crippen molar-refractivity contribution in [2.45, 2.75) is 33.9 Å². The van der Waals surface area contributed by atoms with Crippen molar-refractivity contribution in [1.29, 1.82) is 0 Å². The normalized spacial score (nSPS) is 10.6. The summed E-state index contributed by atoms with van der Waals surface area (Å²) in [5.41, 5.74) is 3.15. The lowest BCUT2D eigenvalue weighted by molar-refractivity contribution is 0.206. The second-order valence-corrected chi connectivity index (χ2v) is 7.80. The highest BCUT2D eigenvalue weighted by molar-refractivity contribution is 7.11. The number of nitrogens with one attached hydrogen (secondary N) is 1. The molecule has 0 saturated heterocycles. The van der Waals surface area contributed by atoms with Crippen molar-refractivity contribution in [1.82, 2.24) is 25.4 Å². The number of aryl methyl sites for hydroxylation is 2. The lowest BCUT2D eigenvalue weighted by atomic mass is 10.1. The van der Waals surface area contributed by atoms with E-state index in [2.05, 4.69) is 20.5 Å². The van der Waals surface area contributed by atoms with Gasteiger partial charge in [0, 0.05) is 25.9 Å². The number of aromatic nitrogens is 3. The summed E-state index contributed by atoms with van der Waals surface area (Å²) in [7, 11) is 1.73. The maximum Gasteiger partial charge on any atom is 0.317 e. The van der Waals surface area contributed by atoms with Crippen LogP contribution in [-0.2, 0) is 13.1 Å². The number of hydrogen-bond acceptors (Lipinski definition) is 6. The minimum absolute atomic E-state index is 0.179. The molecule has 0 aliphatic rings. The smallest absolute Gasteiger partial charge is 0.317 e. The fourth-order valence-corrected chi connectivity index (χ4v) is 3.31. The Morgan fingerprint density at radius 2 is 2.04 bits per heavy atom. The number of pyridine rings is 1. The highest BCUT2D eigenvalue weighted by atomic mass is 32.1. The third kappa shape index (κ3) is 5.04. The number of carbonyl (C=O) groups excluding carboxylic acids is 1. The molecule has 3 aromatic rings. The molecule has 0 aliphatic carbocycles. The zero-order valence-corrected chi connectivity index (χ0v) is 17.2. The summed E-state index contributed by atoms with van der Waals surface area (Å²) in [6.07, 6.45) is 1.68. The number of urea groups is 1. The molecule has 8 heteroatoms. The van der Waals surface area contributed by atoms with E-state index < -0.39 is 0 Å². The highest BCUT2D eigenvalue weighted by Crippen LogP contribution is 2.25. The molecule has 146 valence electrons. The van der Waals surface area contributed by atoms with Crippen molar-refractivity contribution in [3.63, 3.8) is 0 Å². The van der Waals surface area contributed by atoms with Crippen LogP contribution in [0, 0.1) is 20.8 Å². The van der Waals surface area contributed by atoms with E-state index in [1.54, 1.807) is 18.1 Å². The topological polar surface area (TPSA) is 80.2 Å². The van der Waals surface area contributed by atoms with Crippen molar-refractivity contribution in [2.75, 3.05) is 7.05 Å². The lowest BCUT2D eigenvalue weighted by Gasteiger charge is -2.16. The van der Waals surface area contributed by atoms with Crippen LogP contribution in [-0.4, -0.2) is 33.2 Å². The van der Waals surface area contributed by atoms with Gasteiger partial charge in [-0.25, -0.2) is 9.78 Å². The monoisotopic (exact) mass is 397 g/mol. The summed E-state index contributed by atoms with van der Waals surface area (Å²) in [6, 6.07) is 9.42. The van der Waals surface area contributed by atoms with Gasteiger partial charge in [-0.1, -0.05) is 23.5 Å². The Balaban J connectivity index is 1.58. The van der Waals surface area contributed by atoms with Crippen molar-refractivity contribution in [3.8, 4) is 11.6 Å². The molecule has 0 unspecified atom stereocenters. The molecule has 7 nitrogen and oxygen atoms in total. The number of amides is 2. The predicted octanol–water partition coefficient (Wildman–Crippen LogP) is 3.99. The van der Waals surface area contributed by atoms with Gasteiger partial charge >= 0.3 is 6.03 Å². The lowest BCUT2D eigenvalue weighted by Crippen LogP contribution is -2.36. The molecule has 0 radical (unpaired) electrons. The first-order chi connectivity index (χ1) is 13.4. The molecule has 0 spiro atoms. The van der Waals surface area contributed by atoms with Gasteiger partial charge in [-0.15, -0.1) is 10.2 Å². The van der Waals surface area contributed by atoms with Gasteiger partial charge in [-0.2, -0.15) is 0 Å².